The van der Waals surface area contributed by atoms with E-state index >= 15 is 0 Å². The standard InChI is InChI=1S/C21H21NO2/c1-21(2,3)16-8-10-17(11-9-16)22-20(24)18-12-14-6-4-5-7-15(14)13-19(18)23/h4-13,23H,1-3H3,(H,22,24). The summed E-state index contributed by atoms with van der Waals surface area (Å²) in [6.45, 7) is 6.44. The zero-order valence-electron chi connectivity index (χ0n) is 14.1. The van der Waals surface area contributed by atoms with Gasteiger partial charge in [-0.3, -0.25) is 4.79 Å². The molecule has 24 heavy (non-hydrogen) atoms. The second kappa shape index (κ2) is 6.00. The third kappa shape index (κ3) is 3.25. The molecule has 0 spiro atoms. The van der Waals surface area contributed by atoms with E-state index in [-0.39, 0.29) is 22.6 Å². The molecule has 2 N–H and O–H groups in total. The number of hydrogen-bond acceptors (Lipinski definition) is 2. The van der Waals surface area contributed by atoms with Crippen LogP contribution in [0.4, 0.5) is 5.69 Å². The van der Waals surface area contributed by atoms with Crippen molar-refractivity contribution >= 4 is 22.4 Å². The summed E-state index contributed by atoms with van der Waals surface area (Å²) in [6.07, 6.45) is 0. The Labute approximate surface area is 142 Å². The molecule has 0 bridgehead atoms. The largest absolute Gasteiger partial charge is 0.507 e. The molecule has 0 heterocycles. The Morgan fingerprint density at radius 1 is 0.917 bits per heavy atom. The number of nitrogens with one attached hydrogen (secondary N) is 1. The minimum absolute atomic E-state index is 0.0162. The summed E-state index contributed by atoms with van der Waals surface area (Å²) in [7, 11) is 0. The van der Waals surface area contributed by atoms with Crippen molar-refractivity contribution < 1.29 is 9.90 Å². The normalized spacial score (nSPS) is 11.5. The molecule has 0 aliphatic carbocycles. The SMILES string of the molecule is CC(C)(C)c1ccc(NC(=O)c2cc3ccccc3cc2O)cc1. The smallest absolute Gasteiger partial charge is 0.259 e. The van der Waals surface area contributed by atoms with Crippen LogP contribution >= 0.6 is 0 Å². The predicted molar refractivity (Wildman–Crippen MR) is 98.7 cm³/mol. The minimum atomic E-state index is -0.318. The summed E-state index contributed by atoms with van der Waals surface area (Å²) in [6, 6.07) is 18.8. The Hall–Kier alpha value is -2.81. The molecule has 0 fully saturated rings. The van der Waals surface area contributed by atoms with E-state index in [9.17, 15) is 9.90 Å². The number of carbonyl (C=O) groups excluding carboxylic acids is 1. The monoisotopic (exact) mass is 319 g/mol. The molecule has 0 aromatic heterocycles. The molecule has 0 aliphatic rings. The maximum atomic E-state index is 12.5. The zero-order chi connectivity index (χ0) is 17.3. The number of amides is 1. The van der Waals surface area contributed by atoms with Crippen LogP contribution in [0.15, 0.2) is 60.7 Å². The predicted octanol–water partition coefficient (Wildman–Crippen LogP) is 5.10. The Morgan fingerprint density at radius 2 is 1.50 bits per heavy atom. The molecule has 0 aliphatic heterocycles. The lowest BCUT2D eigenvalue weighted by atomic mass is 9.87. The number of fused-ring (bicyclic) bond motifs is 1. The average Bonchev–Trinajstić information content (AvgIpc) is 2.53. The van der Waals surface area contributed by atoms with Crippen molar-refractivity contribution in [3.05, 3.63) is 71.8 Å². The fraction of sp³-hybridized carbons (Fsp3) is 0.190. The highest BCUT2D eigenvalue weighted by Gasteiger charge is 2.15. The van der Waals surface area contributed by atoms with Crippen LogP contribution in [0, 0.1) is 0 Å². The third-order valence-corrected chi connectivity index (χ3v) is 4.12. The van der Waals surface area contributed by atoms with E-state index in [1.807, 2.05) is 48.5 Å². The second-order valence-corrected chi connectivity index (χ2v) is 7.00. The summed E-state index contributed by atoms with van der Waals surface area (Å²) in [5.41, 5.74) is 2.25. The van der Waals surface area contributed by atoms with Gasteiger partial charge in [-0.15, -0.1) is 0 Å². The lowest BCUT2D eigenvalue weighted by molar-refractivity contribution is 0.102. The maximum Gasteiger partial charge on any atom is 0.259 e. The van der Waals surface area contributed by atoms with E-state index in [0.717, 1.165) is 10.8 Å². The third-order valence-electron chi connectivity index (χ3n) is 4.12. The van der Waals surface area contributed by atoms with Gasteiger partial charge in [0.1, 0.15) is 5.75 Å². The van der Waals surface area contributed by atoms with Gasteiger partial charge in [0.2, 0.25) is 0 Å². The van der Waals surface area contributed by atoms with Crippen LogP contribution in [0.25, 0.3) is 10.8 Å². The van der Waals surface area contributed by atoms with E-state index in [0.29, 0.717) is 5.69 Å². The van der Waals surface area contributed by atoms with Crippen molar-refractivity contribution in [2.45, 2.75) is 26.2 Å². The molecule has 0 atom stereocenters. The highest BCUT2D eigenvalue weighted by Crippen LogP contribution is 2.27. The maximum absolute atomic E-state index is 12.5. The number of phenolic OH excluding ortho intramolecular Hbond substituents is 1. The van der Waals surface area contributed by atoms with Gasteiger partial charge in [0.15, 0.2) is 0 Å². The fourth-order valence-electron chi connectivity index (χ4n) is 2.66. The molecule has 3 heteroatoms. The van der Waals surface area contributed by atoms with E-state index in [4.69, 9.17) is 0 Å². The molecule has 0 saturated carbocycles. The van der Waals surface area contributed by atoms with Gasteiger partial charge in [-0.25, -0.2) is 0 Å². The van der Waals surface area contributed by atoms with E-state index in [1.54, 1.807) is 12.1 Å². The molecular formula is C21H21NO2. The second-order valence-electron chi connectivity index (χ2n) is 7.00. The Bertz CT molecular complexity index is 890. The fourth-order valence-corrected chi connectivity index (χ4v) is 2.66. The van der Waals surface area contributed by atoms with Gasteiger partial charge < -0.3 is 10.4 Å². The van der Waals surface area contributed by atoms with Crippen LogP contribution in [-0.2, 0) is 5.41 Å². The van der Waals surface area contributed by atoms with Gasteiger partial charge in [-0.2, -0.15) is 0 Å². The first-order valence-electron chi connectivity index (χ1n) is 7.98. The van der Waals surface area contributed by atoms with Crippen molar-refractivity contribution in [1.82, 2.24) is 0 Å². The summed E-state index contributed by atoms with van der Waals surface area (Å²) in [5, 5.41) is 14.8. The molecule has 122 valence electrons. The summed E-state index contributed by atoms with van der Waals surface area (Å²) in [5.74, 6) is -0.334. The molecule has 0 radical (unpaired) electrons. The van der Waals surface area contributed by atoms with Crippen molar-refractivity contribution in [2.75, 3.05) is 5.32 Å². The van der Waals surface area contributed by atoms with Gasteiger partial charge >= 0.3 is 0 Å². The van der Waals surface area contributed by atoms with Crippen LogP contribution in [0.5, 0.6) is 5.75 Å². The number of rotatable bonds is 2. The van der Waals surface area contributed by atoms with Crippen LogP contribution in [0.2, 0.25) is 0 Å². The van der Waals surface area contributed by atoms with E-state index in [1.165, 1.54) is 5.56 Å². The van der Waals surface area contributed by atoms with Crippen molar-refractivity contribution in [2.24, 2.45) is 0 Å². The Morgan fingerprint density at radius 3 is 2.08 bits per heavy atom. The topological polar surface area (TPSA) is 49.3 Å². The molecule has 1 amide bonds. The molecular weight excluding hydrogens is 298 g/mol. The quantitative estimate of drug-likeness (QED) is 0.691. The lowest BCUT2D eigenvalue weighted by Crippen LogP contribution is -2.13. The number of phenols is 1. The van der Waals surface area contributed by atoms with E-state index in [2.05, 4.69) is 26.1 Å². The van der Waals surface area contributed by atoms with Gasteiger partial charge in [-0.05, 0) is 46.0 Å². The molecule has 3 nitrogen and oxygen atoms in total. The number of hydrogen-bond donors (Lipinski definition) is 2. The minimum Gasteiger partial charge on any atom is -0.507 e. The van der Waals surface area contributed by atoms with Gasteiger partial charge in [0.05, 0.1) is 5.56 Å². The van der Waals surface area contributed by atoms with Crippen LogP contribution < -0.4 is 5.32 Å². The zero-order valence-corrected chi connectivity index (χ0v) is 14.1. The van der Waals surface area contributed by atoms with Gasteiger partial charge in [0, 0.05) is 5.69 Å². The first-order chi connectivity index (χ1) is 11.3. The number of carbonyl (C=O) groups is 1. The summed E-state index contributed by atoms with van der Waals surface area (Å²) < 4.78 is 0. The first-order valence-corrected chi connectivity index (χ1v) is 7.98. The van der Waals surface area contributed by atoms with Crippen LogP contribution in [-0.4, -0.2) is 11.0 Å². The highest BCUT2D eigenvalue weighted by atomic mass is 16.3. The molecule has 0 unspecified atom stereocenters. The van der Waals surface area contributed by atoms with Crippen LogP contribution in [0.1, 0.15) is 36.7 Å². The average molecular weight is 319 g/mol. The summed E-state index contributed by atoms with van der Waals surface area (Å²) >= 11 is 0. The highest BCUT2D eigenvalue weighted by molar-refractivity contribution is 6.08. The van der Waals surface area contributed by atoms with Crippen molar-refractivity contribution in [1.29, 1.82) is 0 Å². The van der Waals surface area contributed by atoms with Crippen molar-refractivity contribution in [3.8, 4) is 5.75 Å². The number of benzene rings is 3. The van der Waals surface area contributed by atoms with Crippen molar-refractivity contribution in [3.63, 3.8) is 0 Å². The number of aromatic hydroxyl groups is 1. The molecule has 3 aromatic rings. The Kier molecular flexibility index (Phi) is 4.02. The van der Waals surface area contributed by atoms with E-state index < -0.39 is 0 Å². The lowest BCUT2D eigenvalue weighted by Gasteiger charge is -2.19. The molecule has 0 saturated heterocycles. The first kappa shape index (κ1) is 16.1. The van der Waals surface area contributed by atoms with Crippen LogP contribution in [0.3, 0.4) is 0 Å². The van der Waals surface area contributed by atoms with Gasteiger partial charge in [-0.1, -0.05) is 57.2 Å². The molecule has 3 rings (SSSR count). The van der Waals surface area contributed by atoms with Gasteiger partial charge in [0.25, 0.3) is 5.91 Å². The number of anilines is 1. The molecule has 3 aromatic carbocycles. The Balaban J connectivity index is 1.86. The summed E-state index contributed by atoms with van der Waals surface area (Å²) in [4.78, 5) is 12.5.